The van der Waals surface area contributed by atoms with Crippen molar-refractivity contribution in [1.29, 1.82) is 0 Å². The maximum atomic E-state index is 12.0. The topological polar surface area (TPSA) is 96.5 Å². The van der Waals surface area contributed by atoms with E-state index in [9.17, 15) is 14.4 Å². The van der Waals surface area contributed by atoms with E-state index >= 15 is 0 Å². The predicted molar refractivity (Wildman–Crippen MR) is 85.0 cm³/mol. The molecular weight excluding hydrogens is 298 g/mol. The van der Waals surface area contributed by atoms with Gasteiger partial charge in [0.15, 0.2) is 6.10 Å². The van der Waals surface area contributed by atoms with Gasteiger partial charge in [0.25, 0.3) is 5.91 Å². The molecule has 0 bridgehead atoms. The van der Waals surface area contributed by atoms with E-state index < -0.39 is 18.1 Å². The van der Waals surface area contributed by atoms with Crippen LogP contribution in [-0.4, -0.2) is 36.4 Å². The number of carbonyl (C=O) groups is 3. The highest BCUT2D eigenvalue weighted by Gasteiger charge is 2.30. The van der Waals surface area contributed by atoms with Crippen molar-refractivity contribution < 1.29 is 19.1 Å². The number of fused-ring (bicyclic) bond motifs is 1. The van der Waals surface area contributed by atoms with Gasteiger partial charge in [-0.05, 0) is 25.5 Å². The first kappa shape index (κ1) is 16.8. The van der Waals surface area contributed by atoms with E-state index in [2.05, 4.69) is 16.0 Å². The summed E-state index contributed by atoms with van der Waals surface area (Å²) in [6.07, 6.45) is -0.233. The van der Waals surface area contributed by atoms with Crippen LogP contribution in [0.5, 0.6) is 5.75 Å². The van der Waals surface area contributed by atoms with Gasteiger partial charge < -0.3 is 20.7 Å². The molecule has 1 aliphatic rings. The molecule has 23 heavy (non-hydrogen) atoms. The Kier molecular flexibility index (Phi) is 5.56. The van der Waals surface area contributed by atoms with E-state index in [1.165, 1.54) is 0 Å². The number of ether oxygens (including phenoxy) is 1. The quantitative estimate of drug-likeness (QED) is 0.723. The minimum atomic E-state index is -0.907. The van der Waals surface area contributed by atoms with Crippen molar-refractivity contribution in [3.63, 3.8) is 0 Å². The molecule has 2 atom stereocenters. The number of anilines is 1. The number of amides is 3. The van der Waals surface area contributed by atoms with Crippen LogP contribution in [0.15, 0.2) is 24.3 Å². The first-order chi connectivity index (χ1) is 11.0. The summed E-state index contributed by atoms with van der Waals surface area (Å²) in [5.74, 6) is -0.510. The number of hydrogen-bond donors (Lipinski definition) is 3. The van der Waals surface area contributed by atoms with Crippen molar-refractivity contribution in [2.45, 2.75) is 38.8 Å². The monoisotopic (exact) mass is 319 g/mol. The van der Waals surface area contributed by atoms with E-state index in [-0.39, 0.29) is 18.2 Å². The number of para-hydroxylation sites is 2. The molecule has 124 valence electrons. The Labute approximate surface area is 134 Å². The summed E-state index contributed by atoms with van der Waals surface area (Å²) in [6.45, 7) is 4.10. The van der Waals surface area contributed by atoms with Crippen molar-refractivity contribution in [2.75, 3.05) is 11.9 Å². The molecule has 0 saturated carbocycles. The minimum Gasteiger partial charge on any atom is -0.478 e. The lowest BCUT2D eigenvalue weighted by molar-refractivity contribution is -0.132. The highest BCUT2D eigenvalue weighted by Crippen LogP contribution is 2.29. The zero-order valence-corrected chi connectivity index (χ0v) is 13.2. The second kappa shape index (κ2) is 7.62. The third-order valence-corrected chi connectivity index (χ3v) is 3.40. The fraction of sp³-hybridized carbons (Fsp3) is 0.438. The third kappa shape index (κ3) is 4.45. The summed E-state index contributed by atoms with van der Waals surface area (Å²) in [5.41, 5.74) is 0.585. The molecule has 1 aromatic carbocycles. The lowest BCUT2D eigenvalue weighted by atomic mass is 10.1. The van der Waals surface area contributed by atoms with Crippen LogP contribution >= 0.6 is 0 Å². The summed E-state index contributed by atoms with van der Waals surface area (Å²) in [6, 6.07) is 6.36. The van der Waals surface area contributed by atoms with Gasteiger partial charge in [-0.2, -0.15) is 0 Å². The van der Waals surface area contributed by atoms with Gasteiger partial charge in [0.1, 0.15) is 11.8 Å². The van der Waals surface area contributed by atoms with Gasteiger partial charge >= 0.3 is 0 Å². The average molecular weight is 319 g/mol. The van der Waals surface area contributed by atoms with Gasteiger partial charge in [-0.25, -0.2) is 0 Å². The maximum Gasteiger partial charge on any atom is 0.266 e. The van der Waals surface area contributed by atoms with E-state index in [1.54, 1.807) is 31.2 Å². The lowest BCUT2D eigenvalue weighted by Gasteiger charge is -2.25. The van der Waals surface area contributed by atoms with E-state index in [0.717, 1.165) is 6.42 Å². The van der Waals surface area contributed by atoms with Crippen LogP contribution in [0.25, 0.3) is 0 Å². The molecule has 7 nitrogen and oxygen atoms in total. The highest BCUT2D eigenvalue weighted by atomic mass is 16.5. The fourth-order valence-electron chi connectivity index (χ4n) is 2.16. The van der Waals surface area contributed by atoms with Crippen LogP contribution in [0.1, 0.15) is 26.7 Å². The van der Waals surface area contributed by atoms with E-state index in [0.29, 0.717) is 18.0 Å². The SMILES string of the molecule is CCCNC(=O)[C@H](C)NC(=O)C[C@@H]1Oc2ccccc2NC1=O. The molecule has 0 radical (unpaired) electrons. The number of benzene rings is 1. The molecule has 1 heterocycles. The van der Waals surface area contributed by atoms with Crippen LogP contribution in [-0.2, 0) is 14.4 Å². The summed E-state index contributed by atoms with van der Waals surface area (Å²) >= 11 is 0. The standard InChI is InChI=1S/C16H21N3O4/c1-3-8-17-15(21)10(2)18-14(20)9-13-16(22)19-11-6-4-5-7-12(11)23-13/h4-7,10,13H,3,8-9H2,1-2H3,(H,17,21)(H,18,20)(H,19,22)/t10-,13-/m0/s1. The maximum absolute atomic E-state index is 12.0. The molecule has 0 spiro atoms. The molecule has 0 unspecified atom stereocenters. The van der Waals surface area contributed by atoms with Crippen molar-refractivity contribution in [3.05, 3.63) is 24.3 Å². The molecular formula is C16H21N3O4. The zero-order valence-electron chi connectivity index (χ0n) is 13.2. The molecule has 3 N–H and O–H groups in total. The Balaban J connectivity index is 1.88. The predicted octanol–water partition coefficient (Wildman–Crippen LogP) is 0.807. The van der Waals surface area contributed by atoms with E-state index in [1.807, 2.05) is 6.92 Å². The summed E-state index contributed by atoms with van der Waals surface area (Å²) in [4.78, 5) is 35.7. The van der Waals surface area contributed by atoms with Crippen molar-refractivity contribution >= 4 is 23.4 Å². The van der Waals surface area contributed by atoms with Gasteiger partial charge in [0, 0.05) is 6.54 Å². The van der Waals surface area contributed by atoms with E-state index in [4.69, 9.17) is 4.74 Å². The molecule has 0 aromatic heterocycles. The highest BCUT2D eigenvalue weighted by molar-refractivity contribution is 6.00. The smallest absolute Gasteiger partial charge is 0.266 e. The molecule has 0 aliphatic carbocycles. The van der Waals surface area contributed by atoms with Gasteiger partial charge in [0.2, 0.25) is 11.8 Å². The van der Waals surface area contributed by atoms with Gasteiger partial charge in [0.05, 0.1) is 12.1 Å². The number of rotatable bonds is 6. The summed E-state index contributed by atoms with van der Waals surface area (Å²) in [7, 11) is 0. The fourth-order valence-corrected chi connectivity index (χ4v) is 2.16. The first-order valence-corrected chi connectivity index (χ1v) is 7.65. The average Bonchev–Trinajstić information content (AvgIpc) is 2.53. The minimum absolute atomic E-state index is 0.147. The zero-order chi connectivity index (χ0) is 16.8. The third-order valence-electron chi connectivity index (χ3n) is 3.40. The molecule has 1 aromatic rings. The van der Waals surface area contributed by atoms with Crippen LogP contribution < -0.4 is 20.7 Å². The van der Waals surface area contributed by atoms with Crippen LogP contribution in [0.4, 0.5) is 5.69 Å². The Hall–Kier alpha value is -2.57. The Morgan fingerprint density at radius 1 is 1.35 bits per heavy atom. The Morgan fingerprint density at radius 2 is 2.09 bits per heavy atom. The second-order valence-electron chi connectivity index (χ2n) is 5.38. The van der Waals surface area contributed by atoms with Gasteiger partial charge in [-0.1, -0.05) is 19.1 Å². The summed E-state index contributed by atoms with van der Waals surface area (Å²) in [5, 5.41) is 7.96. The molecule has 2 rings (SSSR count). The summed E-state index contributed by atoms with van der Waals surface area (Å²) < 4.78 is 5.55. The van der Waals surface area contributed by atoms with Crippen molar-refractivity contribution in [3.8, 4) is 5.75 Å². The van der Waals surface area contributed by atoms with Crippen molar-refractivity contribution in [2.24, 2.45) is 0 Å². The largest absolute Gasteiger partial charge is 0.478 e. The second-order valence-corrected chi connectivity index (χ2v) is 5.38. The van der Waals surface area contributed by atoms with Crippen LogP contribution in [0, 0.1) is 0 Å². The number of nitrogens with one attached hydrogen (secondary N) is 3. The van der Waals surface area contributed by atoms with Gasteiger partial charge in [-0.3, -0.25) is 14.4 Å². The van der Waals surface area contributed by atoms with Crippen LogP contribution in [0.2, 0.25) is 0 Å². The Bertz CT molecular complexity index is 603. The first-order valence-electron chi connectivity index (χ1n) is 7.65. The van der Waals surface area contributed by atoms with Crippen LogP contribution in [0.3, 0.4) is 0 Å². The Morgan fingerprint density at radius 3 is 2.83 bits per heavy atom. The van der Waals surface area contributed by atoms with Gasteiger partial charge in [-0.15, -0.1) is 0 Å². The normalized spacial score (nSPS) is 17.3. The molecule has 3 amide bonds. The van der Waals surface area contributed by atoms with Crippen molar-refractivity contribution in [1.82, 2.24) is 10.6 Å². The molecule has 0 fully saturated rings. The molecule has 1 aliphatic heterocycles. The molecule has 0 saturated heterocycles. The number of hydrogen-bond acceptors (Lipinski definition) is 4. The lowest BCUT2D eigenvalue weighted by Crippen LogP contribution is -2.47. The molecule has 7 heteroatoms. The number of carbonyl (C=O) groups excluding carboxylic acids is 3.